The van der Waals surface area contributed by atoms with Gasteiger partial charge in [0.2, 0.25) is 0 Å². The summed E-state index contributed by atoms with van der Waals surface area (Å²) in [6.45, 7) is 3.48. The second kappa shape index (κ2) is 7.63. The molecule has 0 amide bonds. The van der Waals surface area contributed by atoms with Gasteiger partial charge in [0.1, 0.15) is 0 Å². The highest BCUT2D eigenvalue weighted by atomic mass is 35.5. The molecule has 0 fully saturated rings. The lowest BCUT2D eigenvalue weighted by atomic mass is 10.1. The summed E-state index contributed by atoms with van der Waals surface area (Å²) >= 11 is 5.92. The molecule has 0 radical (unpaired) electrons. The van der Waals surface area contributed by atoms with Crippen LogP contribution in [0.3, 0.4) is 0 Å². The van der Waals surface area contributed by atoms with Gasteiger partial charge in [-0.05, 0) is 30.5 Å². The van der Waals surface area contributed by atoms with Crippen LogP contribution in [0.4, 0.5) is 0 Å². The minimum Gasteiger partial charge on any atom is -0.380 e. The summed E-state index contributed by atoms with van der Waals surface area (Å²) in [5.41, 5.74) is 3.92. The Kier molecular flexibility index (Phi) is 6.42. The van der Waals surface area contributed by atoms with Crippen molar-refractivity contribution in [1.29, 1.82) is 0 Å². The van der Waals surface area contributed by atoms with Gasteiger partial charge >= 0.3 is 0 Å². The number of hydrogen-bond acceptors (Lipinski definition) is 3. The van der Waals surface area contributed by atoms with Gasteiger partial charge in [0, 0.05) is 17.7 Å². The second-order valence-corrected chi connectivity index (χ2v) is 4.21. The van der Waals surface area contributed by atoms with Crippen molar-refractivity contribution in [3.05, 3.63) is 34.9 Å². The van der Waals surface area contributed by atoms with Crippen molar-refractivity contribution < 1.29 is 4.74 Å². The molecule has 1 atom stereocenters. The normalized spacial score (nSPS) is 12.7. The lowest BCUT2D eigenvalue weighted by Gasteiger charge is -2.16. The van der Waals surface area contributed by atoms with Crippen molar-refractivity contribution in [3.63, 3.8) is 0 Å². The molecule has 0 aliphatic heterocycles. The topological polar surface area (TPSA) is 47.3 Å². The Bertz CT molecular complexity index is 307. The van der Waals surface area contributed by atoms with Gasteiger partial charge in [-0.1, -0.05) is 30.7 Å². The molecule has 0 bridgehead atoms. The number of hydrazine groups is 1. The molecule has 0 heterocycles. The molecular formula is C12H19ClN2O. The molecule has 90 valence electrons. The first-order valence-corrected chi connectivity index (χ1v) is 5.92. The van der Waals surface area contributed by atoms with Crippen LogP contribution in [0, 0.1) is 0 Å². The van der Waals surface area contributed by atoms with Crippen LogP contribution in [-0.4, -0.2) is 19.3 Å². The zero-order valence-corrected chi connectivity index (χ0v) is 10.3. The predicted molar refractivity (Wildman–Crippen MR) is 67.4 cm³/mol. The van der Waals surface area contributed by atoms with Crippen LogP contribution in [0.2, 0.25) is 5.02 Å². The molecule has 0 aromatic heterocycles. The van der Waals surface area contributed by atoms with Gasteiger partial charge in [-0.3, -0.25) is 11.3 Å². The van der Waals surface area contributed by atoms with E-state index < -0.39 is 0 Å². The molecule has 1 unspecified atom stereocenters. The summed E-state index contributed by atoms with van der Waals surface area (Å²) in [7, 11) is 0. The fourth-order valence-electron chi connectivity index (χ4n) is 1.48. The van der Waals surface area contributed by atoms with E-state index in [4.69, 9.17) is 22.2 Å². The minimum atomic E-state index is 0.130. The Balaban J connectivity index is 2.43. The van der Waals surface area contributed by atoms with Crippen LogP contribution in [0.1, 0.15) is 18.9 Å². The van der Waals surface area contributed by atoms with Crippen molar-refractivity contribution in [3.8, 4) is 0 Å². The Labute approximate surface area is 102 Å². The van der Waals surface area contributed by atoms with Crippen LogP contribution in [-0.2, 0) is 11.2 Å². The van der Waals surface area contributed by atoms with Gasteiger partial charge in [-0.25, -0.2) is 0 Å². The van der Waals surface area contributed by atoms with Crippen LogP contribution in [0.15, 0.2) is 24.3 Å². The SMILES string of the molecule is CCCOCC(Cc1cccc(Cl)c1)NN. The van der Waals surface area contributed by atoms with Gasteiger partial charge in [0.05, 0.1) is 6.61 Å². The molecule has 1 aromatic rings. The van der Waals surface area contributed by atoms with E-state index in [0.29, 0.717) is 6.61 Å². The lowest BCUT2D eigenvalue weighted by molar-refractivity contribution is 0.112. The maximum atomic E-state index is 5.92. The Morgan fingerprint density at radius 2 is 2.31 bits per heavy atom. The summed E-state index contributed by atoms with van der Waals surface area (Å²) in [6.07, 6.45) is 1.84. The monoisotopic (exact) mass is 242 g/mol. The zero-order chi connectivity index (χ0) is 11.8. The average molecular weight is 243 g/mol. The molecule has 4 heteroatoms. The number of nitrogens with one attached hydrogen (secondary N) is 1. The number of ether oxygens (including phenoxy) is 1. The van der Waals surface area contributed by atoms with Crippen molar-refractivity contribution in [1.82, 2.24) is 5.43 Å². The van der Waals surface area contributed by atoms with Crippen molar-refractivity contribution >= 4 is 11.6 Å². The number of nitrogens with two attached hydrogens (primary N) is 1. The van der Waals surface area contributed by atoms with E-state index in [1.165, 1.54) is 0 Å². The summed E-state index contributed by atoms with van der Waals surface area (Å²) in [4.78, 5) is 0. The molecule has 0 aliphatic rings. The van der Waals surface area contributed by atoms with Gasteiger partial charge in [0.15, 0.2) is 0 Å². The number of halogens is 1. The largest absolute Gasteiger partial charge is 0.380 e. The third-order valence-corrected chi connectivity index (χ3v) is 2.51. The second-order valence-electron chi connectivity index (χ2n) is 3.77. The lowest BCUT2D eigenvalue weighted by Crippen LogP contribution is -2.40. The highest BCUT2D eigenvalue weighted by Crippen LogP contribution is 2.12. The smallest absolute Gasteiger partial charge is 0.0636 e. The summed E-state index contributed by atoms with van der Waals surface area (Å²) in [6, 6.07) is 7.92. The van der Waals surface area contributed by atoms with Gasteiger partial charge < -0.3 is 4.74 Å². The quantitative estimate of drug-likeness (QED) is 0.438. The van der Waals surface area contributed by atoms with Crippen LogP contribution in [0.5, 0.6) is 0 Å². The minimum absolute atomic E-state index is 0.130. The third-order valence-electron chi connectivity index (χ3n) is 2.27. The third kappa shape index (κ3) is 4.94. The van der Waals surface area contributed by atoms with Crippen LogP contribution in [0.25, 0.3) is 0 Å². The van der Waals surface area contributed by atoms with E-state index in [0.717, 1.165) is 30.0 Å². The molecule has 16 heavy (non-hydrogen) atoms. The van der Waals surface area contributed by atoms with Crippen molar-refractivity contribution in [2.45, 2.75) is 25.8 Å². The molecule has 0 spiro atoms. The van der Waals surface area contributed by atoms with Crippen LogP contribution < -0.4 is 11.3 Å². The molecule has 3 nitrogen and oxygen atoms in total. The number of rotatable bonds is 7. The first-order valence-electron chi connectivity index (χ1n) is 5.54. The first-order chi connectivity index (χ1) is 7.76. The number of hydrogen-bond donors (Lipinski definition) is 2. The highest BCUT2D eigenvalue weighted by molar-refractivity contribution is 6.30. The highest BCUT2D eigenvalue weighted by Gasteiger charge is 2.07. The molecule has 3 N–H and O–H groups in total. The van der Waals surface area contributed by atoms with E-state index in [1.807, 2.05) is 24.3 Å². The molecule has 0 saturated carbocycles. The molecule has 0 saturated heterocycles. The molecule has 0 aliphatic carbocycles. The van der Waals surface area contributed by atoms with Gasteiger partial charge in [-0.15, -0.1) is 0 Å². The fourth-order valence-corrected chi connectivity index (χ4v) is 1.70. The Hall–Kier alpha value is -0.610. The van der Waals surface area contributed by atoms with Gasteiger partial charge in [0.25, 0.3) is 0 Å². The van der Waals surface area contributed by atoms with Crippen molar-refractivity contribution in [2.24, 2.45) is 5.84 Å². The molecule has 1 rings (SSSR count). The standard InChI is InChI=1S/C12H19ClN2O/c1-2-6-16-9-12(15-14)8-10-4-3-5-11(13)7-10/h3-5,7,12,15H,2,6,8-9,14H2,1H3. The predicted octanol–water partition coefficient (Wildman–Crippen LogP) is 2.14. The average Bonchev–Trinajstić information content (AvgIpc) is 2.28. The van der Waals surface area contributed by atoms with Crippen molar-refractivity contribution in [2.75, 3.05) is 13.2 Å². The molecule has 1 aromatic carbocycles. The van der Waals surface area contributed by atoms with Gasteiger partial charge in [-0.2, -0.15) is 0 Å². The zero-order valence-electron chi connectivity index (χ0n) is 9.58. The number of benzene rings is 1. The van der Waals surface area contributed by atoms with Crippen LogP contribution >= 0.6 is 11.6 Å². The first kappa shape index (κ1) is 13.5. The summed E-state index contributed by atoms with van der Waals surface area (Å²) < 4.78 is 5.46. The Morgan fingerprint density at radius 1 is 1.50 bits per heavy atom. The molecular weight excluding hydrogens is 224 g/mol. The Morgan fingerprint density at radius 3 is 2.94 bits per heavy atom. The van der Waals surface area contributed by atoms with E-state index >= 15 is 0 Å². The summed E-state index contributed by atoms with van der Waals surface area (Å²) in [5.74, 6) is 5.48. The maximum absolute atomic E-state index is 5.92. The van der Waals surface area contributed by atoms with E-state index in [1.54, 1.807) is 0 Å². The van der Waals surface area contributed by atoms with E-state index in [2.05, 4.69) is 12.3 Å². The summed E-state index contributed by atoms with van der Waals surface area (Å²) in [5, 5.41) is 0.753. The van der Waals surface area contributed by atoms with E-state index in [9.17, 15) is 0 Å². The maximum Gasteiger partial charge on any atom is 0.0636 e. The van der Waals surface area contributed by atoms with E-state index in [-0.39, 0.29) is 6.04 Å². The fraction of sp³-hybridized carbons (Fsp3) is 0.500.